The quantitative estimate of drug-likeness (QED) is 0.546. The molecule has 3 aromatic rings. The van der Waals surface area contributed by atoms with Crippen LogP contribution in [0.1, 0.15) is 54.1 Å². The van der Waals surface area contributed by atoms with Crippen molar-refractivity contribution in [2.45, 2.75) is 51.0 Å². The molecule has 1 N–H and O–H groups in total. The van der Waals surface area contributed by atoms with Gasteiger partial charge in [0.2, 0.25) is 5.91 Å². The number of hydrogen-bond donors (Lipinski definition) is 1. The Morgan fingerprint density at radius 3 is 2.94 bits per heavy atom. The summed E-state index contributed by atoms with van der Waals surface area (Å²) in [5.41, 5.74) is 4.90. The van der Waals surface area contributed by atoms with Crippen molar-refractivity contribution in [3.63, 3.8) is 0 Å². The summed E-state index contributed by atoms with van der Waals surface area (Å²) in [7, 11) is 1.72. The zero-order chi connectivity index (χ0) is 21.9. The van der Waals surface area contributed by atoms with Crippen molar-refractivity contribution >= 4 is 28.2 Å². The fourth-order valence-corrected chi connectivity index (χ4v) is 5.43. The maximum Gasteiger partial charge on any atom is 0.223 e. The SMILES string of the molecule is COc1cc2c(cc1CCC(=O)N1CCC[C@H]1c1cccc(Nc3nccs3)n1)CCC2. The fourth-order valence-electron chi connectivity index (χ4n) is 4.90. The number of carbonyl (C=O) groups is 1. The van der Waals surface area contributed by atoms with Gasteiger partial charge in [-0.15, -0.1) is 11.3 Å². The molecule has 2 aromatic heterocycles. The molecule has 32 heavy (non-hydrogen) atoms. The van der Waals surface area contributed by atoms with E-state index in [0.29, 0.717) is 12.8 Å². The second kappa shape index (κ2) is 9.28. The molecule has 1 fully saturated rings. The second-order valence-electron chi connectivity index (χ2n) is 8.44. The number of ether oxygens (including phenoxy) is 1. The lowest BCUT2D eigenvalue weighted by molar-refractivity contribution is -0.132. The van der Waals surface area contributed by atoms with Crippen LogP contribution in [0.3, 0.4) is 0 Å². The second-order valence-corrected chi connectivity index (χ2v) is 9.34. The minimum Gasteiger partial charge on any atom is -0.496 e. The summed E-state index contributed by atoms with van der Waals surface area (Å²) in [6, 6.07) is 10.4. The fraction of sp³-hybridized carbons (Fsp3) is 0.400. The minimum atomic E-state index is 0.0301. The number of nitrogens with zero attached hydrogens (tertiary/aromatic N) is 3. The van der Waals surface area contributed by atoms with Crippen LogP contribution in [0.4, 0.5) is 10.9 Å². The van der Waals surface area contributed by atoms with Gasteiger partial charge in [0.25, 0.3) is 0 Å². The van der Waals surface area contributed by atoms with Gasteiger partial charge in [0.1, 0.15) is 11.6 Å². The van der Waals surface area contributed by atoms with E-state index < -0.39 is 0 Å². The number of hydrogen-bond acceptors (Lipinski definition) is 6. The highest BCUT2D eigenvalue weighted by Gasteiger charge is 2.31. The Bertz CT molecular complexity index is 1100. The van der Waals surface area contributed by atoms with Crippen molar-refractivity contribution < 1.29 is 9.53 Å². The van der Waals surface area contributed by atoms with Crippen LogP contribution >= 0.6 is 11.3 Å². The van der Waals surface area contributed by atoms with E-state index in [2.05, 4.69) is 22.4 Å². The smallest absolute Gasteiger partial charge is 0.223 e. The lowest BCUT2D eigenvalue weighted by Crippen LogP contribution is -2.31. The molecule has 1 aliphatic heterocycles. The van der Waals surface area contributed by atoms with Gasteiger partial charge in [-0.25, -0.2) is 9.97 Å². The van der Waals surface area contributed by atoms with Crippen molar-refractivity contribution in [1.29, 1.82) is 0 Å². The number of fused-ring (bicyclic) bond motifs is 1. The Balaban J connectivity index is 1.27. The number of methoxy groups -OCH3 is 1. The standard InChI is InChI=1S/C25H28N4O2S/c1-31-22-16-18-6-2-5-17(18)15-19(22)10-11-24(30)29-13-4-8-21(29)20-7-3-9-23(27-20)28-25-26-12-14-32-25/h3,7,9,12,14-16,21H,2,4-6,8,10-11,13H2,1H3,(H,26,27,28)/t21-/m0/s1. The van der Waals surface area contributed by atoms with Crippen LogP contribution in [-0.4, -0.2) is 34.4 Å². The first-order chi connectivity index (χ1) is 15.7. The normalized spacial score (nSPS) is 17.4. The molecule has 0 bridgehead atoms. The summed E-state index contributed by atoms with van der Waals surface area (Å²) in [6.07, 6.45) is 8.38. The van der Waals surface area contributed by atoms with E-state index in [-0.39, 0.29) is 11.9 Å². The summed E-state index contributed by atoms with van der Waals surface area (Å²) in [4.78, 5) is 24.3. The number of aromatic nitrogens is 2. The number of aryl methyl sites for hydroxylation is 3. The number of pyridine rings is 1. The molecule has 1 aliphatic carbocycles. The summed E-state index contributed by atoms with van der Waals surface area (Å²) < 4.78 is 5.63. The lowest BCUT2D eigenvalue weighted by atomic mass is 10.0. The van der Waals surface area contributed by atoms with Crippen molar-refractivity contribution in [1.82, 2.24) is 14.9 Å². The van der Waals surface area contributed by atoms with Gasteiger partial charge >= 0.3 is 0 Å². The van der Waals surface area contributed by atoms with Crippen molar-refractivity contribution in [2.24, 2.45) is 0 Å². The van der Waals surface area contributed by atoms with Gasteiger partial charge in [0.15, 0.2) is 5.13 Å². The first-order valence-electron chi connectivity index (χ1n) is 11.3. The molecule has 0 unspecified atom stereocenters. The summed E-state index contributed by atoms with van der Waals surface area (Å²) >= 11 is 1.54. The van der Waals surface area contributed by atoms with Gasteiger partial charge in [-0.05, 0) is 73.4 Å². The highest BCUT2D eigenvalue weighted by molar-refractivity contribution is 7.13. The Morgan fingerprint density at radius 2 is 2.12 bits per heavy atom. The summed E-state index contributed by atoms with van der Waals surface area (Å²) in [5, 5.41) is 6.00. The van der Waals surface area contributed by atoms with E-state index in [4.69, 9.17) is 9.72 Å². The highest BCUT2D eigenvalue weighted by Crippen LogP contribution is 2.34. The zero-order valence-electron chi connectivity index (χ0n) is 18.3. The van der Waals surface area contributed by atoms with Crippen molar-refractivity contribution in [3.05, 3.63) is 64.3 Å². The van der Waals surface area contributed by atoms with E-state index >= 15 is 0 Å². The van der Waals surface area contributed by atoms with Crippen LogP contribution in [-0.2, 0) is 24.1 Å². The van der Waals surface area contributed by atoms with Gasteiger partial charge in [0, 0.05) is 24.5 Å². The van der Waals surface area contributed by atoms with E-state index in [9.17, 15) is 4.79 Å². The maximum atomic E-state index is 13.2. The summed E-state index contributed by atoms with van der Waals surface area (Å²) in [5.74, 6) is 1.87. The highest BCUT2D eigenvalue weighted by atomic mass is 32.1. The molecule has 6 nitrogen and oxygen atoms in total. The molecular weight excluding hydrogens is 420 g/mol. The minimum absolute atomic E-state index is 0.0301. The van der Waals surface area contributed by atoms with Crippen LogP contribution in [0.2, 0.25) is 0 Å². The molecule has 7 heteroatoms. The van der Waals surface area contributed by atoms with Crippen molar-refractivity contribution in [3.8, 4) is 5.75 Å². The van der Waals surface area contributed by atoms with Gasteiger partial charge < -0.3 is 15.0 Å². The average molecular weight is 449 g/mol. The molecule has 1 atom stereocenters. The summed E-state index contributed by atoms with van der Waals surface area (Å²) in [6.45, 7) is 0.788. The molecule has 0 saturated carbocycles. The van der Waals surface area contributed by atoms with Crippen molar-refractivity contribution in [2.75, 3.05) is 19.0 Å². The molecule has 2 aliphatic rings. The molecule has 1 amide bonds. The molecule has 1 saturated heterocycles. The van der Waals surface area contributed by atoms with E-state index in [0.717, 1.165) is 60.2 Å². The van der Waals surface area contributed by atoms with Crippen LogP contribution in [0.25, 0.3) is 0 Å². The van der Waals surface area contributed by atoms with Crippen LogP contribution < -0.4 is 10.1 Å². The molecule has 1 aromatic carbocycles. The third kappa shape index (κ3) is 4.35. The zero-order valence-corrected chi connectivity index (χ0v) is 19.2. The Morgan fingerprint density at radius 1 is 1.25 bits per heavy atom. The number of likely N-dealkylation sites (tertiary alicyclic amines) is 1. The van der Waals surface area contributed by atoms with Gasteiger partial charge in [-0.1, -0.05) is 12.1 Å². The van der Waals surface area contributed by atoms with E-state index in [1.807, 2.05) is 28.5 Å². The number of rotatable bonds is 7. The lowest BCUT2D eigenvalue weighted by Gasteiger charge is -2.25. The first kappa shape index (κ1) is 20.9. The Labute approximate surface area is 192 Å². The number of benzene rings is 1. The predicted octanol–water partition coefficient (Wildman–Crippen LogP) is 5.08. The Kier molecular flexibility index (Phi) is 6.08. The van der Waals surface area contributed by atoms with Gasteiger partial charge in [-0.2, -0.15) is 0 Å². The average Bonchev–Trinajstić information content (AvgIpc) is 3.58. The van der Waals surface area contributed by atoms with Crippen LogP contribution in [0, 0.1) is 0 Å². The van der Waals surface area contributed by atoms with E-state index in [1.165, 1.54) is 28.9 Å². The van der Waals surface area contributed by atoms with E-state index in [1.54, 1.807) is 13.3 Å². The molecule has 5 rings (SSSR count). The monoisotopic (exact) mass is 448 g/mol. The third-order valence-corrected chi connectivity index (χ3v) is 7.14. The number of anilines is 2. The molecule has 0 radical (unpaired) electrons. The third-order valence-electron chi connectivity index (χ3n) is 6.46. The largest absolute Gasteiger partial charge is 0.496 e. The van der Waals surface area contributed by atoms with Gasteiger partial charge in [-0.3, -0.25) is 4.79 Å². The van der Waals surface area contributed by atoms with Gasteiger partial charge in [0.05, 0.1) is 18.8 Å². The molecule has 166 valence electrons. The van der Waals surface area contributed by atoms with Crippen LogP contribution in [0.5, 0.6) is 5.75 Å². The Hall–Kier alpha value is -2.93. The predicted molar refractivity (Wildman–Crippen MR) is 127 cm³/mol. The first-order valence-corrected chi connectivity index (χ1v) is 12.2. The number of amides is 1. The molecular formula is C25H28N4O2S. The molecule has 0 spiro atoms. The molecule has 3 heterocycles. The number of nitrogens with one attached hydrogen (secondary N) is 1. The number of thiazole rings is 1. The maximum absolute atomic E-state index is 13.2. The van der Waals surface area contributed by atoms with Crippen LogP contribution in [0.15, 0.2) is 41.9 Å². The topological polar surface area (TPSA) is 67.3 Å². The number of carbonyl (C=O) groups excluding carboxylic acids is 1.